The number of rotatable bonds is 3. The van der Waals surface area contributed by atoms with Crippen molar-refractivity contribution in [2.75, 3.05) is 19.6 Å². The maximum atomic E-state index is 11.9. The zero-order valence-electron chi connectivity index (χ0n) is 10.5. The summed E-state index contributed by atoms with van der Waals surface area (Å²) in [7, 11) is 0. The molecule has 0 aromatic carbocycles. The summed E-state index contributed by atoms with van der Waals surface area (Å²) in [6.45, 7) is 6.78. The smallest absolute Gasteiger partial charge is 0.254 e. The first kappa shape index (κ1) is 12.2. The fourth-order valence-electron chi connectivity index (χ4n) is 2.28. The molecule has 1 aliphatic heterocycles. The van der Waals surface area contributed by atoms with Crippen molar-refractivity contribution in [2.45, 2.75) is 26.7 Å². The Morgan fingerprint density at radius 1 is 1.65 bits per heavy atom. The van der Waals surface area contributed by atoms with Gasteiger partial charge in [-0.15, -0.1) is 0 Å². The molecule has 1 aliphatic rings. The maximum absolute atomic E-state index is 11.9. The van der Waals surface area contributed by atoms with Crippen LogP contribution in [0.4, 0.5) is 0 Å². The SMILES string of the molecule is Cc1occc1C(=O)NCC1(C)CCCNC1. The predicted octanol–water partition coefficient (Wildman–Crippen LogP) is 1.71. The van der Waals surface area contributed by atoms with E-state index in [-0.39, 0.29) is 11.3 Å². The minimum absolute atomic E-state index is 0.0388. The molecule has 0 spiro atoms. The van der Waals surface area contributed by atoms with Gasteiger partial charge in [0.05, 0.1) is 11.8 Å². The maximum Gasteiger partial charge on any atom is 0.254 e. The Morgan fingerprint density at radius 2 is 2.47 bits per heavy atom. The molecule has 2 heterocycles. The second kappa shape index (κ2) is 4.92. The average molecular weight is 236 g/mol. The van der Waals surface area contributed by atoms with Crippen LogP contribution < -0.4 is 10.6 Å². The first-order chi connectivity index (χ1) is 8.11. The zero-order chi connectivity index (χ0) is 12.3. The molecule has 1 atom stereocenters. The molecule has 1 fully saturated rings. The van der Waals surface area contributed by atoms with E-state index in [1.54, 1.807) is 19.3 Å². The third-order valence-electron chi connectivity index (χ3n) is 3.46. The van der Waals surface area contributed by atoms with E-state index in [9.17, 15) is 4.79 Å². The summed E-state index contributed by atoms with van der Waals surface area (Å²) in [5.74, 6) is 0.637. The highest BCUT2D eigenvalue weighted by Gasteiger charge is 2.27. The number of piperidine rings is 1. The number of hydrogen-bond acceptors (Lipinski definition) is 3. The van der Waals surface area contributed by atoms with Crippen LogP contribution in [0.2, 0.25) is 0 Å². The lowest BCUT2D eigenvalue weighted by Crippen LogP contribution is -2.45. The van der Waals surface area contributed by atoms with Crippen molar-refractivity contribution in [3.8, 4) is 0 Å². The highest BCUT2D eigenvalue weighted by molar-refractivity contribution is 5.95. The Bertz CT molecular complexity index is 392. The Balaban J connectivity index is 1.90. The van der Waals surface area contributed by atoms with Crippen molar-refractivity contribution in [1.29, 1.82) is 0 Å². The predicted molar refractivity (Wildman–Crippen MR) is 66.0 cm³/mol. The average Bonchev–Trinajstić information content (AvgIpc) is 2.74. The van der Waals surface area contributed by atoms with Crippen LogP contribution in [0.15, 0.2) is 16.7 Å². The van der Waals surface area contributed by atoms with Gasteiger partial charge >= 0.3 is 0 Å². The summed E-state index contributed by atoms with van der Waals surface area (Å²) in [5.41, 5.74) is 0.809. The number of hydrogen-bond donors (Lipinski definition) is 2. The molecular formula is C13H20N2O2. The number of nitrogens with one attached hydrogen (secondary N) is 2. The molecular weight excluding hydrogens is 216 g/mol. The summed E-state index contributed by atoms with van der Waals surface area (Å²) in [4.78, 5) is 11.9. The van der Waals surface area contributed by atoms with E-state index in [2.05, 4.69) is 17.6 Å². The van der Waals surface area contributed by atoms with Gasteiger partial charge in [-0.1, -0.05) is 6.92 Å². The molecule has 1 amide bonds. The molecule has 1 aromatic heterocycles. The minimum atomic E-state index is -0.0388. The molecule has 1 saturated heterocycles. The van der Waals surface area contributed by atoms with Crippen LogP contribution in [0.1, 0.15) is 35.9 Å². The summed E-state index contributed by atoms with van der Waals surface area (Å²) >= 11 is 0. The highest BCUT2D eigenvalue weighted by Crippen LogP contribution is 2.24. The lowest BCUT2D eigenvalue weighted by atomic mass is 9.83. The van der Waals surface area contributed by atoms with E-state index in [4.69, 9.17) is 4.42 Å². The Hall–Kier alpha value is -1.29. The van der Waals surface area contributed by atoms with Gasteiger partial charge in [0.1, 0.15) is 5.76 Å². The molecule has 4 heteroatoms. The van der Waals surface area contributed by atoms with Gasteiger partial charge in [0.2, 0.25) is 0 Å². The molecule has 17 heavy (non-hydrogen) atoms. The standard InChI is InChI=1S/C13H20N2O2/c1-10-11(4-7-17-10)12(16)15-9-13(2)5-3-6-14-8-13/h4,7,14H,3,5-6,8-9H2,1-2H3,(H,15,16). The monoisotopic (exact) mass is 236 g/mol. The number of carbonyl (C=O) groups excluding carboxylic acids is 1. The zero-order valence-corrected chi connectivity index (χ0v) is 10.5. The minimum Gasteiger partial charge on any atom is -0.469 e. The van der Waals surface area contributed by atoms with Gasteiger partial charge in [0, 0.05) is 13.1 Å². The largest absolute Gasteiger partial charge is 0.469 e. The molecule has 0 aliphatic carbocycles. The summed E-state index contributed by atoms with van der Waals surface area (Å²) < 4.78 is 5.13. The van der Waals surface area contributed by atoms with Crippen LogP contribution in [-0.4, -0.2) is 25.5 Å². The van der Waals surface area contributed by atoms with Crippen molar-refractivity contribution in [1.82, 2.24) is 10.6 Å². The van der Waals surface area contributed by atoms with Crippen LogP contribution in [0.25, 0.3) is 0 Å². The summed E-state index contributed by atoms with van der Waals surface area (Å²) in [6.07, 6.45) is 3.88. The molecule has 4 nitrogen and oxygen atoms in total. The molecule has 0 saturated carbocycles. The molecule has 94 valence electrons. The quantitative estimate of drug-likeness (QED) is 0.840. The van der Waals surface area contributed by atoms with E-state index < -0.39 is 0 Å². The van der Waals surface area contributed by atoms with Crippen molar-refractivity contribution in [3.05, 3.63) is 23.7 Å². The first-order valence-electron chi connectivity index (χ1n) is 6.14. The Kier molecular flexibility index (Phi) is 3.52. The highest BCUT2D eigenvalue weighted by atomic mass is 16.3. The lowest BCUT2D eigenvalue weighted by molar-refractivity contribution is 0.0923. The second-order valence-electron chi connectivity index (χ2n) is 5.16. The van der Waals surface area contributed by atoms with Crippen LogP contribution >= 0.6 is 0 Å². The number of furan rings is 1. The van der Waals surface area contributed by atoms with Crippen LogP contribution in [-0.2, 0) is 0 Å². The van der Waals surface area contributed by atoms with Crippen LogP contribution in [0.3, 0.4) is 0 Å². The van der Waals surface area contributed by atoms with Crippen molar-refractivity contribution in [2.24, 2.45) is 5.41 Å². The lowest BCUT2D eigenvalue weighted by Gasteiger charge is -2.34. The molecule has 0 radical (unpaired) electrons. The number of carbonyl (C=O) groups is 1. The van der Waals surface area contributed by atoms with Gasteiger partial charge < -0.3 is 15.1 Å². The van der Waals surface area contributed by atoms with Gasteiger partial charge in [0.25, 0.3) is 5.91 Å². The van der Waals surface area contributed by atoms with Gasteiger partial charge in [0.15, 0.2) is 0 Å². The van der Waals surface area contributed by atoms with Gasteiger partial charge in [-0.25, -0.2) is 0 Å². The summed E-state index contributed by atoms with van der Waals surface area (Å²) in [6, 6.07) is 1.71. The fourth-order valence-corrected chi connectivity index (χ4v) is 2.28. The second-order valence-corrected chi connectivity index (χ2v) is 5.16. The van der Waals surface area contributed by atoms with E-state index in [0.29, 0.717) is 17.9 Å². The first-order valence-corrected chi connectivity index (χ1v) is 6.14. The normalized spacial score (nSPS) is 24.6. The van der Waals surface area contributed by atoms with E-state index in [0.717, 1.165) is 19.5 Å². The van der Waals surface area contributed by atoms with Crippen molar-refractivity contribution >= 4 is 5.91 Å². The van der Waals surface area contributed by atoms with E-state index in [1.165, 1.54) is 6.42 Å². The molecule has 1 unspecified atom stereocenters. The molecule has 2 rings (SSSR count). The van der Waals surface area contributed by atoms with E-state index >= 15 is 0 Å². The topological polar surface area (TPSA) is 54.3 Å². The molecule has 2 N–H and O–H groups in total. The van der Waals surface area contributed by atoms with Crippen LogP contribution in [0, 0.1) is 12.3 Å². The third-order valence-corrected chi connectivity index (χ3v) is 3.46. The Morgan fingerprint density at radius 3 is 3.06 bits per heavy atom. The Labute approximate surface area is 102 Å². The summed E-state index contributed by atoms with van der Waals surface area (Å²) in [5, 5.41) is 6.37. The van der Waals surface area contributed by atoms with Gasteiger partial charge in [-0.05, 0) is 37.8 Å². The molecule has 0 bridgehead atoms. The van der Waals surface area contributed by atoms with Crippen LogP contribution in [0.5, 0.6) is 0 Å². The van der Waals surface area contributed by atoms with Gasteiger partial charge in [-0.3, -0.25) is 4.79 Å². The molecule has 1 aromatic rings. The van der Waals surface area contributed by atoms with E-state index in [1.807, 2.05) is 0 Å². The van der Waals surface area contributed by atoms with Gasteiger partial charge in [-0.2, -0.15) is 0 Å². The third kappa shape index (κ3) is 2.88. The number of aryl methyl sites for hydroxylation is 1. The van der Waals surface area contributed by atoms with Crippen molar-refractivity contribution < 1.29 is 9.21 Å². The van der Waals surface area contributed by atoms with Crippen molar-refractivity contribution in [3.63, 3.8) is 0 Å². The fraction of sp³-hybridized carbons (Fsp3) is 0.615. The number of amides is 1.